The van der Waals surface area contributed by atoms with Crippen molar-refractivity contribution in [3.05, 3.63) is 30.1 Å². The molecule has 0 aliphatic rings. The number of thiocarbonyl (C=S) groups is 1. The molecule has 0 fully saturated rings. The van der Waals surface area contributed by atoms with Crippen LogP contribution < -0.4 is 11.1 Å². The van der Waals surface area contributed by atoms with E-state index in [-0.39, 0.29) is 11.8 Å². The van der Waals surface area contributed by atoms with Gasteiger partial charge in [-0.25, -0.2) is 0 Å². The van der Waals surface area contributed by atoms with Crippen molar-refractivity contribution >= 4 is 23.1 Å². The molecule has 0 aliphatic heterocycles. The molecule has 0 saturated heterocycles. The van der Waals surface area contributed by atoms with Crippen LogP contribution in [0.15, 0.2) is 24.5 Å². The maximum atomic E-state index is 11.5. The van der Waals surface area contributed by atoms with Gasteiger partial charge >= 0.3 is 0 Å². The summed E-state index contributed by atoms with van der Waals surface area (Å²) < 4.78 is 0. The van der Waals surface area contributed by atoms with Gasteiger partial charge in [-0.2, -0.15) is 0 Å². The fourth-order valence-corrected chi connectivity index (χ4v) is 1.24. The molecule has 86 valence electrons. The van der Waals surface area contributed by atoms with Gasteiger partial charge in [0.15, 0.2) is 0 Å². The first-order valence-electron chi connectivity index (χ1n) is 5.04. The summed E-state index contributed by atoms with van der Waals surface area (Å²) in [6.45, 7) is 2.35. The van der Waals surface area contributed by atoms with Gasteiger partial charge in [0.05, 0.1) is 4.99 Å². The third-order valence-corrected chi connectivity index (χ3v) is 2.62. The SMILES string of the molecule is CC(CC(=O)NCc1ccncc1)C(N)=S. The number of nitrogens with one attached hydrogen (secondary N) is 1. The lowest BCUT2D eigenvalue weighted by molar-refractivity contribution is -0.121. The highest BCUT2D eigenvalue weighted by molar-refractivity contribution is 7.80. The van der Waals surface area contributed by atoms with Crippen LogP contribution in [0.5, 0.6) is 0 Å². The van der Waals surface area contributed by atoms with Gasteiger partial charge in [0.2, 0.25) is 5.91 Å². The molecule has 1 atom stereocenters. The summed E-state index contributed by atoms with van der Waals surface area (Å²) in [6.07, 6.45) is 3.72. The Balaban J connectivity index is 2.33. The first-order valence-corrected chi connectivity index (χ1v) is 5.45. The average Bonchev–Trinajstić information content (AvgIpc) is 2.27. The van der Waals surface area contributed by atoms with Gasteiger partial charge in [-0.15, -0.1) is 0 Å². The molecule has 1 aromatic heterocycles. The average molecular weight is 237 g/mol. The molecular weight excluding hydrogens is 222 g/mol. The van der Waals surface area contributed by atoms with Crippen LogP contribution in [0.3, 0.4) is 0 Å². The smallest absolute Gasteiger partial charge is 0.220 e. The minimum atomic E-state index is -0.0626. The lowest BCUT2D eigenvalue weighted by atomic mass is 10.1. The second kappa shape index (κ2) is 6.17. The van der Waals surface area contributed by atoms with E-state index >= 15 is 0 Å². The minimum absolute atomic E-state index is 0.0443. The quantitative estimate of drug-likeness (QED) is 0.750. The van der Waals surface area contributed by atoms with Crippen molar-refractivity contribution in [3.8, 4) is 0 Å². The molecule has 0 saturated carbocycles. The number of nitrogens with two attached hydrogens (primary N) is 1. The Morgan fingerprint density at radius 1 is 1.56 bits per heavy atom. The van der Waals surface area contributed by atoms with E-state index in [0.29, 0.717) is 18.0 Å². The zero-order chi connectivity index (χ0) is 12.0. The number of hydrogen-bond acceptors (Lipinski definition) is 3. The van der Waals surface area contributed by atoms with Crippen molar-refractivity contribution in [1.82, 2.24) is 10.3 Å². The minimum Gasteiger partial charge on any atom is -0.393 e. The van der Waals surface area contributed by atoms with Crippen molar-refractivity contribution in [3.63, 3.8) is 0 Å². The van der Waals surface area contributed by atoms with Gasteiger partial charge in [0.1, 0.15) is 0 Å². The summed E-state index contributed by atoms with van der Waals surface area (Å²) in [5.74, 6) is -0.107. The molecule has 0 aliphatic carbocycles. The molecule has 1 unspecified atom stereocenters. The highest BCUT2D eigenvalue weighted by Crippen LogP contribution is 2.02. The van der Waals surface area contributed by atoms with E-state index in [2.05, 4.69) is 10.3 Å². The number of hydrogen-bond donors (Lipinski definition) is 2. The fourth-order valence-electron chi connectivity index (χ4n) is 1.15. The highest BCUT2D eigenvalue weighted by Gasteiger charge is 2.10. The molecular formula is C11H15N3OS. The lowest BCUT2D eigenvalue weighted by Crippen LogP contribution is -2.28. The summed E-state index contributed by atoms with van der Waals surface area (Å²) in [7, 11) is 0. The zero-order valence-electron chi connectivity index (χ0n) is 9.14. The van der Waals surface area contributed by atoms with Crippen LogP contribution in [0, 0.1) is 5.92 Å². The van der Waals surface area contributed by atoms with Gasteiger partial charge in [-0.05, 0) is 17.7 Å². The Hall–Kier alpha value is -1.49. The van der Waals surface area contributed by atoms with Crippen molar-refractivity contribution in [2.75, 3.05) is 0 Å². The van der Waals surface area contributed by atoms with Gasteiger partial charge in [0.25, 0.3) is 0 Å². The van der Waals surface area contributed by atoms with E-state index in [4.69, 9.17) is 18.0 Å². The Morgan fingerprint density at radius 2 is 2.19 bits per heavy atom. The molecule has 1 heterocycles. The maximum Gasteiger partial charge on any atom is 0.220 e. The molecule has 1 amide bonds. The van der Waals surface area contributed by atoms with Gasteiger partial charge in [-0.1, -0.05) is 19.1 Å². The van der Waals surface area contributed by atoms with Gasteiger partial charge in [-0.3, -0.25) is 9.78 Å². The monoisotopic (exact) mass is 237 g/mol. The molecule has 0 radical (unpaired) electrons. The van der Waals surface area contributed by atoms with Gasteiger partial charge in [0, 0.05) is 31.3 Å². The van der Waals surface area contributed by atoms with Crippen LogP contribution in [0.1, 0.15) is 18.9 Å². The summed E-state index contributed by atoms with van der Waals surface area (Å²) >= 11 is 4.80. The number of amides is 1. The van der Waals surface area contributed by atoms with E-state index in [1.165, 1.54) is 0 Å². The maximum absolute atomic E-state index is 11.5. The van der Waals surface area contributed by atoms with E-state index in [1.807, 2.05) is 19.1 Å². The van der Waals surface area contributed by atoms with E-state index in [0.717, 1.165) is 5.56 Å². The summed E-state index contributed by atoms with van der Waals surface area (Å²) in [6, 6.07) is 3.72. The Labute approximate surface area is 100 Å². The second-order valence-corrected chi connectivity index (χ2v) is 4.11. The van der Waals surface area contributed by atoms with Crippen molar-refractivity contribution in [2.24, 2.45) is 11.7 Å². The Morgan fingerprint density at radius 3 is 2.75 bits per heavy atom. The number of carbonyl (C=O) groups excluding carboxylic acids is 1. The summed E-state index contributed by atoms with van der Waals surface area (Å²) in [5.41, 5.74) is 6.45. The van der Waals surface area contributed by atoms with Crippen LogP contribution in [0.4, 0.5) is 0 Å². The Kier molecular flexibility index (Phi) is 4.85. The van der Waals surface area contributed by atoms with Gasteiger partial charge < -0.3 is 11.1 Å². The van der Waals surface area contributed by atoms with E-state index < -0.39 is 0 Å². The largest absolute Gasteiger partial charge is 0.393 e. The van der Waals surface area contributed by atoms with Crippen molar-refractivity contribution < 1.29 is 4.79 Å². The normalized spacial score (nSPS) is 11.8. The number of pyridine rings is 1. The predicted octanol–water partition coefficient (Wildman–Crippen LogP) is 1.01. The van der Waals surface area contributed by atoms with E-state index in [1.54, 1.807) is 12.4 Å². The Bertz CT molecular complexity index is 367. The van der Waals surface area contributed by atoms with Crippen LogP contribution in [-0.4, -0.2) is 15.9 Å². The molecule has 0 bridgehead atoms. The van der Waals surface area contributed by atoms with Crippen LogP contribution in [0.2, 0.25) is 0 Å². The number of carbonyl (C=O) groups is 1. The molecule has 1 rings (SSSR count). The first-order chi connectivity index (χ1) is 7.59. The van der Waals surface area contributed by atoms with Crippen LogP contribution >= 0.6 is 12.2 Å². The van der Waals surface area contributed by atoms with Crippen LogP contribution in [0.25, 0.3) is 0 Å². The first kappa shape index (κ1) is 12.6. The van der Waals surface area contributed by atoms with E-state index in [9.17, 15) is 4.79 Å². The molecule has 4 nitrogen and oxygen atoms in total. The molecule has 3 N–H and O–H groups in total. The van der Waals surface area contributed by atoms with Crippen molar-refractivity contribution in [1.29, 1.82) is 0 Å². The van der Waals surface area contributed by atoms with Crippen LogP contribution in [-0.2, 0) is 11.3 Å². The topological polar surface area (TPSA) is 68.0 Å². The summed E-state index contributed by atoms with van der Waals surface area (Å²) in [4.78, 5) is 15.8. The molecule has 1 aromatic rings. The molecule has 5 heteroatoms. The fraction of sp³-hybridized carbons (Fsp3) is 0.364. The predicted molar refractivity (Wildman–Crippen MR) is 66.7 cm³/mol. The highest BCUT2D eigenvalue weighted by atomic mass is 32.1. The number of rotatable bonds is 5. The molecule has 0 aromatic carbocycles. The molecule has 0 spiro atoms. The zero-order valence-corrected chi connectivity index (χ0v) is 9.96. The third kappa shape index (κ3) is 4.35. The standard InChI is InChI=1S/C11H15N3OS/c1-8(11(12)16)6-10(15)14-7-9-2-4-13-5-3-9/h2-5,8H,6-7H2,1H3,(H2,12,16)(H,14,15). The van der Waals surface area contributed by atoms with Crippen molar-refractivity contribution in [2.45, 2.75) is 19.9 Å². The molecule has 16 heavy (non-hydrogen) atoms. The summed E-state index contributed by atoms with van der Waals surface area (Å²) in [5, 5.41) is 2.80. The number of aromatic nitrogens is 1. The third-order valence-electron chi connectivity index (χ3n) is 2.22. The second-order valence-electron chi connectivity index (χ2n) is 3.64. The lowest BCUT2D eigenvalue weighted by Gasteiger charge is -2.09. The number of nitrogens with zero attached hydrogens (tertiary/aromatic N) is 1.